The Labute approximate surface area is 106 Å². The van der Waals surface area contributed by atoms with E-state index in [-0.39, 0.29) is 0 Å². The fourth-order valence-electron chi connectivity index (χ4n) is 2.09. The van der Waals surface area contributed by atoms with E-state index in [0.717, 1.165) is 17.4 Å². The second kappa shape index (κ2) is 6.60. The monoisotopic (exact) mass is 258 g/mol. The van der Waals surface area contributed by atoms with Crippen LogP contribution in [0.15, 0.2) is 12.1 Å². The Hall–Kier alpha value is -0.0900. The van der Waals surface area contributed by atoms with Gasteiger partial charge in [-0.05, 0) is 31.5 Å². The zero-order chi connectivity index (χ0) is 11.2. The molecule has 1 aromatic rings. The second-order valence-corrected chi connectivity index (χ2v) is 6.14. The number of hydrogen-bond donors (Lipinski definition) is 2. The van der Waals surface area contributed by atoms with Crippen LogP contribution in [0.25, 0.3) is 0 Å². The highest BCUT2D eigenvalue weighted by Gasteiger charge is 2.10. The smallest absolute Gasteiger partial charge is 0.0931 e. The summed E-state index contributed by atoms with van der Waals surface area (Å²) in [7, 11) is 0. The van der Waals surface area contributed by atoms with E-state index in [1.165, 1.54) is 37.1 Å². The number of nitrogens with one attached hydrogen (secondary N) is 2. The molecule has 1 fully saturated rings. The quantitative estimate of drug-likeness (QED) is 0.868. The largest absolute Gasteiger partial charge is 0.313 e. The van der Waals surface area contributed by atoms with E-state index in [0.29, 0.717) is 6.04 Å². The molecule has 0 aromatic carbocycles. The van der Waals surface area contributed by atoms with Gasteiger partial charge in [0.15, 0.2) is 0 Å². The highest BCUT2D eigenvalue weighted by atomic mass is 35.5. The van der Waals surface area contributed by atoms with Crippen LogP contribution in [0.5, 0.6) is 0 Å². The van der Waals surface area contributed by atoms with Crippen LogP contribution in [0, 0.1) is 0 Å². The van der Waals surface area contributed by atoms with Crippen molar-refractivity contribution in [3.05, 3.63) is 21.3 Å². The molecule has 2 N–H and O–H groups in total. The standard InChI is InChI=1S/C12H19ClN2S/c13-12-6-5-11(16-12)9-14-8-10-4-2-1-3-7-15-10/h5-6,10,14-15H,1-4,7-9H2. The van der Waals surface area contributed by atoms with Gasteiger partial charge in [-0.15, -0.1) is 11.3 Å². The third kappa shape index (κ3) is 4.06. The maximum Gasteiger partial charge on any atom is 0.0931 e. The van der Waals surface area contributed by atoms with Crippen LogP contribution in [-0.4, -0.2) is 19.1 Å². The lowest BCUT2D eigenvalue weighted by Crippen LogP contribution is -2.37. The van der Waals surface area contributed by atoms with Gasteiger partial charge < -0.3 is 10.6 Å². The van der Waals surface area contributed by atoms with Crippen molar-refractivity contribution in [1.82, 2.24) is 10.6 Å². The van der Waals surface area contributed by atoms with Crippen molar-refractivity contribution in [2.24, 2.45) is 0 Å². The molecule has 0 saturated carbocycles. The highest BCUT2D eigenvalue weighted by Crippen LogP contribution is 2.21. The van der Waals surface area contributed by atoms with E-state index in [1.54, 1.807) is 11.3 Å². The van der Waals surface area contributed by atoms with Crippen molar-refractivity contribution in [1.29, 1.82) is 0 Å². The van der Waals surface area contributed by atoms with Crippen LogP contribution in [0.1, 0.15) is 30.6 Å². The summed E-state index contributed by atoms with van der Waals surface area (Å²) < 4.78 is 0.879. The van der Waals surface area contributed by atoms with Gasteiger partial charge in [0.25, 0.3) is 0 Å². The van der Waals surface area contributed by atoms with Gasteiger partial charge in [-0.3, -0.25) is 0 Å². The maximum atomic E-state index is 5.89. The molecule has 0 amide bonds. The summed E-state index contributed by atoms with van der Waals surface area (Å²) in [5.41, 5.74) is 0. The number of rotatable bonds is 4. The van der Waals surface area contributed by atoms with Crippen LogP contribution in [0.3, 0.4) is 0 Å². The Morgan fingerprint density at radius 1 is 1.38 bits per heavy atom. The average molecular weight is 259 g/mol. The van der Waals surface area contributed by atoms with Crippen molar-refractivity contribution in [2.45, 2.75) is 38.3 Å². The van der Waals surface area contributed by atoms with E-state index in [9.17, 15) is 0 Å². The van der Waals surface area contributed by atoms with E-state index in [4.69, 9.17) is 11.6 Å². The lowest BCUT2D eigenvalue weighted by molar-refractivity contribution is 0.471. The molecule has 2 nitrogen and oxygen atoms in total. The highest BCUT2D eigenvalue weighted by molar-refractivity contribution is 7.16. The molecule has 1 unspecified atom stereocenters. The Morgan fingerprint density at radius 3 is 3.12 bits per heavy atom. The molecular formula is C12H19ClN2S. The molecule has 90 valence electrons. The Balaban J connectivity index is 1.67. The minimum absolute atomic E-state index is 0.651. The molecule has 16 heavy (non-hydrogen) atoms. The first-order valence-corrected chi connectivity index (χ1v) is 7.22. The molecule has 1 atom stereocenters. The summed E-state index contributed by atoms with van der Waals surface area (Å²) in [5, 5.41) is 7.09. The summed E-state index contributed by atoms with van der Waals surface area (Å²) >= 11 is 7.55. The molecule has 2 heterocycles. The first-order valence-electron chi connectivity index (χ1n) is 6.03. The van der Waals surface area contributed by atoms with Crippen LogP contribution in [0.4, 0.5) is 0 Å². The fourth-order valence-corrected chi connectivity index (χ4v) is 3.15. The molecule has 0 spiro atoms. The molecular weight excluding hydrogens is 240 g/mol. The Bertz CT molecular complexity index is 306. The van der Waals surface area contributed by atoms with Gasteiger partial charge in [0.05, 0.1) is 4.34 Å². The molecule has 1 aromatic heterocycles. The van der Waals surface area contributed by atoms with Gasteiger partial charge in [-0.25, -0.2) is 0 Å². The maximum absolute atomic E-state index is 5.89. The number of halogens is 1. The Morgan fingerprint density at radius 2 is 2.31 bits per heavy atom. The third-order valence-corrected chi connectivity index (χ3v) is 4.21. The van der Waals surface area contributed by atoms with Gasteiger partial charge in [-0.2, -0.15) is 0 Å². The van der Waals surface area contributed by atoms with Gasteiger partial charge in [-0.1, -0.05) is 24.4 Å². The summed E-state index contributed by atoms with van der Waals surface area (Å²) in [4.78, 5) is 1.32. The van der Waals surface area contributed by atoms with Crippen molar-refractivity contribution < 1.29 is 0 Å². The van der Waals surface area contributed by atoms with E-state index in [2.05, 4.69) is 16.7 Å². The van der Waals surface area contributed by atoms with Crippen LogP contribution in [-0.2, 0) is 6.54 Å². The second-order valence-electron chi connectivity index (χ2n) is 4.34. The van der Waals surface area contributed by atoms with Crippen molar-refractivity contribution in [2.75, 3.05) is 13.1 Å². The average Bonchev–Trinajstić information content (AvgIpc) is 2.54. The molecule has 1 aliphatic rings. The Kier molecular flexibility index (Phi) is 5.10. The van der Waals surface area contributed by atoms with E-state index >= 15 is 0 Å². The zero-order valence-corrected chi connectivity index (χ0v) is 11.0. The van der Waals surface area contributed by atoms with Crippen LogP contribution >= 0.6 is 22.9 Å². The molecule has 0 radical (unpaired) electrons. The summed E-state index contributed by atoms with van der Waals surface area (Å²) in [6.07, 6.45) is 5.38. The molecule has 2 rings (SSSR count). The topological polar surface area (TPSA) is 24.1 Å². The van der Waals surface area contributed by atoms with Gasteiger partial charge >= 0.3 is 0 Å². The number of hydrogen-bond acceptors (Lipinski definition) is 3. The van der Waals surface area contributed by atoms with Crippen molar-refractivity contribution >= 4 is 22.9 Å². The normalized spacial score (nSPS) is 21.9. The number of thiophene rings is 1. The minimum Gasteiger partial charge on any atom is -0.313 e. The summed E-state index contributed by atoms with van der Waals surface area (Å²) in [6, 6.07) is 4.71. The fraction of sp³-hybridized carbons (Fsp3) is 0.667. The molecule has 0 aliphatic carbocycles. The third-order valence-electron chi connectivity index (χ3n) is 2.98. The van der Waals surface area contributed by atoms with Gasteiger partial charge in [0, 0.05) is 24.0 Å². The van der Waals surface area contributed by atoms with Crippen LogP contribution < -0.4 is 10.6 Å². The lowest BCUT2D eigenvalue weighted by Gasteiger charge is -2.15. The lowest BCUT2D eigenvalue weighted by atomic mass is 10.1. The predicted molar refractivity (Wildman–Crippen MR) is 71.3 cm³/mol. The SMILES string of the molecule is Clc1ccc(CNCC2CCCCCN2)s1. The van der Waals surface area contributed by atoms with Crippen molar-refractivity contribution in [3.63, 3.8) is 0 Å². The van der Waals surface area contributed by atoms with Crippen molar-refractivity contribution in [3.8, 4) is 0 Å². The van der Waals surface area contributed by atoms with Crippen LogP contribution in [0.2, 0.25) is 4.34 Å². The van der Waals surface area contributed by atoms with E-state index < -0.39 is 0 Å². The predicted octanol–water partition coefficient (Wildman–Crippen LogP) is 3.02. The molecule has 1 aliphatic heterocycles. The first-order chi connectivity index (χ1) is 7.84. The van der Waals surface area contributed by atoms with Gasteiger partial charge in [0.2, 0.25) is 0 Å². The first kappa shape index (κ1) is 12.4. The zero-order valence-electron chi connectivity index (χ0n) is 9.47. The van der Waals surface area contributed by atoms with Gasteiger partial charge in [0.1, 0.15) is 0 Å². The van der Waals surface area contributed by atoms with E-state index in [1.807, 2.05) is 6.07 Å². The summed E-state index contributed by atoms with van der Waals surface area (Å²) in [5.74, 6) is 0. The minimum atomic E-state index is 0.651. The summed E-state index contributed by atoms with van der Waals surface area (Å²) in [6.45, 7) is 3.18. The molecule has 1 saturated heterocycles. The molecule has 4 heteroatoms. The molecule has 0 bridgehead atoms.